The van der Waals surface area contributed by atoms with Gasteiger partial charge in [0.05, 0.1) is 5.56 Å². The van der Waals surface area contributed by atoms with E-state index in [0.29, 0.717) is 15.6 Å². The van der Waals surface area contributed by atoms with E-state index in [2.05, 4.69) is 10.6 Å². The highest BCUT2D eigenvalue weighted by atomic mass is 32.1. The number of carbonyl (C=O) groups is 3. The van der Waals surface area contributed by atoms with Gasteiger partial charge in [-0.15, -0.1) is 11.3 Å². The summed E-state index contributed by atoms with van der Waals surface area (Å²) in [5.74, 6) is -0.846. The van der Waals surface area contributed by atoms with Gasteiger partial charge < -0.3 is 16.8 Å². The largest absolute Gasteiger partial charge is 0.366 e. The Labute approximate surface area is 130 Å². The standard InChI is InChI=1S/C14H14N4O3S/c1-7(19)17-9-4-2-3-8(5-9)11-6-10(12(15)20)13(22-11)18-14(16)21/h2-6H,1H3,(H2,15,20)(H,17,19)(H3,16,18,21). The van der Waals surface area contributed by atoms with Gasteiger partial charge >= 0.3 is 6.03 Å². The van der Waals surface area contributed by atoms with Crippen LogP contribution < -0.4 is 22.1 Å². The summed E-state index contributed by atoms with van der Waals surface area (Å²) in [6, 6.07) is 7.89. The number of nitrogens with one attached hydrogen (secondary N) is 2. The van der Waals surface area contributed by atoms with E-state index in [4.69, 9.17) is 11.5 Å². The number of rotatable bonds is 4. The highest BCUT2D eigenvalue weighted by Crippen LogP contribution is 2.36. The van der Waals surface area contributed by atoms with Crippen molar-refractivity contribution in [3.8, 4) is 10.4 Å². The second kappa shape index (κ2) is 6.27. The lowest BCUT2D eigenvalue weighted by Crippen LogP contribution is -2.21. The lowest BCUT2D eigenvalue weighted by molar-refractivity contribution is -0.114. The van der Waals surface area contributed by atoms with Gasteiger partial charge in [0.1, 0.15) is 5.00 Å². The van der Waals surface area contributed by atoms with Crippen molar-refractivity contribution in [1.82, 2.24) is 0 Å². The van der Waals surface area contributed by atoms with Gasteiger partial charge in [0, 0.05) is 17.5 Å². The average molecular weight is 318 g/mol. The minimum absolute atomic E-state index is 0.183. The van der Waals surface area contributed by atoms with E-state index in [1.807, 2.05) is 6.07 Å². The Morgan fingerprint density at radius 2 is 1.82 bits per heavy atom. The Hall–Kier alpha value is -2.87. The van der Waals surface area contributed by atoms with Gasteiger partial charge in [-0.3, -0.25) is 14.9 Å². The molecular weight excluding hydrogens is 304 g/mol. The zero-order valence-corrected chi connectivity index (χ0v) is 12.5. The van der Waals surface area contributed by atoms with E-state index < -0.39 is 11.9 Å². The molecule has 0 unspecified atom stereocenters. The molecule has 2 aromatic rings. The van der Waals surface area contributed by atoms with Crippen LogP contribution in [0.4, 0.5) is 15.5 Å². The van der Waals surface area contributed by atoms with E-state index in [1.54, 1.807) is 24.3 Å². The van der Waals surface area contributed by atoms with Gasteiger partial charge in [-0.1, -0.05) is 12.1 Å². The summed E-state index contributed by atoms with van der Waals surface area (Å²) in [6.45, 7) is 1.41. The average Bonchev–Trinajstić information content (AvgIpc) is 2.81. The summed E-state index contributed by atoms with van der Waals surface area (Å²) < 4.78 is 0. The lowest BCUT2D eigenvalue weighted by Gasteiger charge is -2.04. The molecule has 0 aliphatic rings. The highest BCUT2D eigenvalue weighted by molar-refractivity contribution is 7.20. The second-order valence-electron chi connectivity index (χ2n) is 4.47. The van der Waals surface area contributed by atoms with Gasteiger partial charge in [0.25, 0.3) is 5.91 Å². The van der Waals surface area contributed by atoms with Gasteiger partial charge in [-0.05, 0) is 23.8 Å². The van der Waals surface area contributed by atoms with Crippen LogP contribution in [0.3, 0.4) is 0 Å². The van der Waals surface area contributed by atoms with Crippen LogP contribution in [0.2, 0.25) is 0 Å². The normalized spacial score (nSPS) is 10.0. The number of hydrogen-bond acceptors (Lipinski definition) is 4. The molecule has 1 aromatic carbocycles. The minimum atomic E-state index is -0.775. The maximum Gasteiger partial charge on any atom is 0.317 e. The Bertz CT molecular complexity index is 754. The quantitative estimate of drug-likeness (QED) is 0.688. The molecule has 0 spiro atoms. The molecule has 1 heterocycles. The summed E-state index contributed by atoms with van der Waals surface area (Å²) in [5.41, 5.74) is 12.0. The third-order valence-corrected chi connectivity index (χ3v) is 3.80. The number of urea groups is 1. The minimum Gasteiger partial charge on any atom is -0.366 e. The van der Waals surface area contributed by atoms with Gasteiger partial charge in [0.2, 0.25) is 5.91 Å². The van der Waals surface area contributed by atoms with E-state index >= 15 is 0 Å². The number of anilines is 2. The van der Waals surface area contributed by atoms with Crippen molar-refractivity contribution in [2.75, 3.05) is 10.6 Å². The lowest BCUT2D eigenvalue weighted by atomic mass is 10.1. The monoisotopic (exact) mass is 318 g/mol. The second-order valence-corrected chi connectivity index (χ2v) is 5.52. The number of primary amides is 2. The van der Waals surface area contributed by atoms with Crippen LogP contribution in [0.1, 0.15) is 17.3 Å². The fourth-order valence-electron chi connectivity index (χ4n) is 1.87. The van der Waals surface area contributed by atoms with Gasteiger partial charge in [0.15, 0.2) is 0 Å². The molecule has 0 aliphatic heterocycles. The van der Waals surface area contributed by atoms with Crippen LogP contribution in [0.15, 0.2) is 30.3 Å². The van der Waals surface area contributed by atoms with Crippen molar-refractivity contribution in [3.63, 3.8) is 0 Å². The first-order valence-electron chi connectivity index (χ1n) is 6.25. The highest BCUT2D eigenvalue weighted by Gasteiger charge is 2.16. The fourth-order valence-corrected chi connectivity index (χ4v) is 2.94. The van der Waals surface area contributed by atoms with E-state index in [1.165, 1.54) is 18.3 Å². The summed E-state index contributed by atoms with van der Waals surface area (Å²) >= 11 is 1.17. The predicted molar refractivity (Wildman–Crippen MR) is 85.8 cm³/mol. The van der Waals surface area contributed by atoms with Crippen molar-refractivity contribution in [3.05, 3.63) is 35.9 Å². The molecule has 7 nitrogen and oxygen atoms in total. The van der Waals surface area contributed by atoms with Gasteiger partial charge in [-0.2, -0.15) is 0 Å². The molecule has 0 radical (unpaired) electrons. The van der Waals surface area contributed by atoms with Crippen molar-refractivity contribution >= 4 is 39.9 Å². The zero-order chi connectivity index (χ0) is 16.3. The number of thiophene rings is 1. The molecule has 0 saturated heterocycles. The van der Waals surface area contributed by atoms with Crippen molar-refractivity contribution in [2.24, 2.45) is 11.5 Å². The molecule has 2 rings (SSSR count). The molecule has 1 aromatic heterocycles. The molecule has 6 N–H and O–H groups in total. The molecular formula is C14H14N4O3S. The first kappa shape index (κ1) is 15.5. The number of nitrogens with two attached hydrogens (primary N) is 2. The maximum atomic E-state index is 11.4. The van der Waals surface area contributed by atoms with Crippen LogP contribution in [0.5, 0.6) is 0 Å². The van der Waals surface area contributed by atoms with E-state index in [0.717, 1.165) is 5.56 Å². The maximum absolute atomic E-state index is 11.4. The molecule has 0 atom stereocenters. The summed E-state index contributed by atoms with van der Waals surface area (Å²) in [4.78, 5) is 34.2. The Morgan fingerprint density at radius 3 is 2.41 bits per heavy atom. The van der Waals surface area contributed by atoms with Crippen molar-refractivity contribution < 1.29 is 14.4 Å². The topological polar surface area (TPSA) is 127 Å². The van der Waals surface area contributed by atoms with Crippen molar-refractivity contribution in [2.45, 2.75) is 6.92 Å². The van der Waals surface area contributed by atoms with Crippen molar-refractivity contribution in [1.29, 1.82) is 0 Å². The van der Waals surface area contributed by atoms with Crippen LogP contribution in [0.25, 0.3) is 10.4 Å². The molecule has 22 heavy (non-hydrogen) atoms. The van der Waals surface area contributed by atoms with Crippen LogP contribution in [-0.4, -0.2) is 17.8 Å². The fraction of sp³-hybridized carbons (Fsp3) is 0.0714. The van der Waals surface area contributed by atoms with E-state index in [9.17, 15) is 14.4 Å². The molecule has 0 aliphatic carbocycles. The molecule has 0 saturated carbocycles. The third-order valence-electron chi connectivity index (χ3n) is 2.70. The molecule has 0 fully saturated rings. The number of hydrogen-bond donors (Lipinski definition) is 4. The van der Waals surface area contributed by atoms with E-state index in [-0.39, 0.29) is 11.5 Å². The molecule has 4 amide bonds. The SMILES string of the molecule is CC(=O)Nc1cccc(-c2cc(C(N)=O)c(NC(N)=O)s2)c1. The number of amides is 4. The Morgan fingerprint density at radius 1 is 1.09 bits per heavy atom. The molecule has 0 bridgehead atoms. The van der Waals surface area contributed by atoms with Crippen LogP contribution in [0, 0.1) is 0 Å². The van der Waals surface area contributed by atoms with Crippen LogP contribution in [-0.2, 0) is 4.79 Å². The zero-order valence-electron chi connectivity index (χ0n) is 11.7. The summed E-state index contributed by atoms with van der Waals surface area (Å²) in [6.07, 6.45) is 0. The van der Waals surface area contributed by atoms with Crippen LogP contribution >= 0.6 is 11.3 Å². The summed E-state index contributed by atoms with van der Waals surface area (Å²) in [7, 11) is 0. The molecule has 114 valence electrons. The first-order chi connectivity index (χ1) is 10.4. The number of benzene rings is 1. The van der Waals surface area contributed by atoms with Gasteiger partial charge in [-0.25, -0.2) is 4.79 Å². The Kier molecular flexibility index (Phi) is 4.42. The summed E-state index contributed by atoms with van der Waals surface area (Å²) in [5, 5.41) is 5.35. The first-order valence-corrected chi connectivity index (χ1v) is 7.06. The molecule has 8 heteroatoms. The third kappa shape index (κ3) is 3.61. The number of carbonyl (C=O) groups excluding carboxylic acids is 3. The Balaban J connectivity index is 2.42. The smallest absolute Gasteiger partial charge is 0.317 e. The predicted octanol–water partition coefficient (Wildman–Crippen LogP) is 1.96.